The average molecular weight is 322 g/mol. The fourth-order valence-corrected chi connectivity index (χ4v) is 2.46. The summed E-state index contributed by atoms with van der Waals surface area (Å²) in [4.78, 5) is 28.4. The molecule has 0 saturated carbocycles. The van der Waals surface area contributed by atoms with Crippen molar-refractivity contribution in [3.8, 4) is 0 Å². The van der Waals surface area contributed by atoms with Gasteiger partial charge in [-0.25, -0.2) is 4.98 Å². The minimum absolute atomic E-state index is 0.0903. The van der Waals surface area contributed by atoms with Crippen LogP contribution in [-0.4, -0.2) is 27.9 Å². The quantitative estimate of drug-likeness (QED) is 0.773. The van der Waals surface area contributed by atoms with E-state index in [0.717, 1.165) is 16.9 Å². The van der Waals surface area contributed by atoms with Crippen LogP contribution < -0.4 is 10.6 Å². The SMILES string of the molecule is Cc1nc2cc(NC(=O)CNC(=O)c3ccccc3)ccc2n1C. The number of fused-ring (bicyclic) bond motifs is 1. The molecule has 0 radical (unpaired) electrons. The highest BCUT2D eigenvalue weighted by Crippen LogP contribution is 2.19. The number of hydrogen-bond acceptors (Lipinski definition) is 3. The Hall–Kier alpha value is -3.15. The number of rotatable bonds is 4. The van der Waals surface area contributed by atoms with E-state index < -0.39 is 0 Å². The van der Waals surface area contributed by atoms with Crippen LogP contribution in [0.25, 0.3) is 11.0 Å². The number of amides is 2. The lowest BCUT2D eigenvalue weighted by molar-refractivity contribution is -0.115. The van der Waals surface area contributed by atoms with Gasteiger partial charge >= 0.3 is 0 Å². The second-order valence-electron chi connectivity index (χ2n) is 5.52. The van der Waals surface area contributed by atoms with Crippen molar-refractivity contribution in [2.75, 3.05) is 11.9 Å². The molecule has 3 aromatic rings. The second kappa shape index (κ2) is 6.54. The van der Waals surface area contributed by atoms with E-state index in [1.54, 1.807) is 24.3 Å². The highest BCUT2D eigenvalue weighted by Gasteiger charge is 2.09. The van der Waals surface area contributed by atoms with Gasteiger partial charge in [-0.3, -0.25) is 9.59 Å². The van der Waals surface area contributed by atoms with Crippen LogP contribution in [0.5, 0.6) is 0 Å². The van der Waals surface area contributed by atoms with Crippen LogP contribution in [0, 0.1) is 6.92 Å². The van der Waals surface area contributed by atoms with Crippen molar-refractivity contribution in [2.24, 2.45) is 7.05 Å². The standard InChI is InChI=1S/C18H18N4O2/c1-12-20-15-10-14(8-9-16(15)22(12)2)21-17(23)11-19-18(24)13-6-4-3-5-7-13/h3-10H,11H2,1-2H3,(H,19,24)(H,21,23). The van der Waals surface area contributed by atoms with Crippen molar-refractivity contribution >= 4 is 28.5 Å². The number of imidazole rings is 1. The lowest BCUT2D eigenvalue weighted by atomic mass is 10.2. The first-order valence-electron chi connectivity index (χ1n) is 7.61. The molecule has 0 unspecified atom stereocenters. The minimum atomic E-state index is -0.286. The normalized spacial score (nSPS) is 10.6. The Labute approximate surface area is 139 Å². The molecule has 0 aliphatic rings. The number of anilines is 1. The molecule has 2 N–H and O–H groups in total. The molecule has 122 valence electrons. The van der Waals surface area contributed by atoms with Crippen LogP contribution in [0.2, 0.25) is 0 Å². The summed E-state index contributed by atoms with van der Waals surface area (Å²) >= 11 is 0. The van der Waals surface area contributed by atoms with Gasteiger partial charge in [0.2, 0.25) is 5.91 Å². The molecule has 2 aromatic carbocycles. The first-order chi connectivity index (χ1) is 11.5. The summed E-state index contributed by atoms with van der Waals surface area (Å²) < 4.78 is 1.99. The van der Waals surface area contributed by atoms with E-state index in [4.69, 9.17) is 0 Å². The van der Waals surface area contributed by atoms with E-state index in [-0.39, 0.29) is 18.4 Å². The summed E-state index contributed by atoms with van der Waals surface area (Å²) in [6, 6.07) is 14.3. The smallest absolute Gasteiger partial charge is 0.251 e. The molecule has 6 nitrogen and oxygen atoms in total. The zero-order chi connectivity index (χ0) is 17.1. The van der Waals surface area contributed by atoms with Gasteiger partial charge in [0.1, 0.15) is 5.82 Å². The molecule has 0 bridgehead atoms. The highest BCUT2D eigenvalue weighted by molar-refractivity contribution is 5.99. The Morgan fingerprint density at radius 2 is 1.88 bits per heavy atom. The maximum atomic E-state index is 12.0. The number of hydrogen-bond donors (Lipinski definition) is 2. The number of aryl methyl sites for hydroxylation is 2. The zero-order valence-electron chi connectivity index (χ0n) is 13.5. The number of benzene rings is 2. The zero-order valence-corrected chi connectivity index (χ0v) is 13.5. The molecule has 0 fully saturated rings. The third-order valence-electron chi connectivity index (χ3n) is 3.83. The van der Waals surface area contributed by atoms with Crippen LogP contribution in [0.1, 0.15) is 16.2 Å². The van der Waals surface area contributed by atoms with Crippen molar-refractivity contribution in [1.82, 2.24) is 14.9 Å². The molecular weight excluding hydrogens is 304 g/mol. The molecule has 0 aliphatic heterocycles. The van der Waals surface area contributed by atoms with E-state index >= 15 is 0 Å². The van der Waals surface area contributed by atoms with Gasteiger partial charge in [0, 0.05) is 18.3 Å². The lowest BCUT2D eigenvalue weighted by Gasteiger charge is -2.07. The van der Waals surface area contributed by atoms with E-state index in [1.165, 1.54) is 0 Å². The molecule has 3 rings (SSSR count). The second-order valence-corrected chi connectivity index (χ2v) is 5.52. The predicted molar refractivity (Wildman–Crippen MR) is 92.9 cm³/mol. The van der Waals surface area contributed by atoms with Crippen LogP contribution in [0.3, 0.4) is 0 Å². The number of nitrogens with zero attached hydrogens (tertiary/aromatic N) is 2. The molecule has 0 spiro atoms. The maximum absolute atomic E-state index is 12.0. The van der Waals surface area contributed by atoms with E-state index in [9.17, 15) is 9.59 Å². The average Bonchev–Trinajstić information content (AvgIpc) is 2.87. The molecular formula is C18H18N4O2. The fourth-order valence-electron chi connectivity index (χ4n) is 2.46. The van der Waals surface area contributed by atoms with E-state index in [1.807, 2.05) is 42.8 Å². The number of carbonyl (C=O) groups is 2. The lowest BCUT2D eigenvalue weighted by Crippen LogP contribution is -2.32. The Morgan fingerprint density at radius 1 is 1.12 bits per heavy atom. The van der Waals surface area contributed by atoms with Crippen LogP contribution in [0.15, 0.2) is 48.5 Å². The van der Waals surface area contributed by atoms with Crippen molar-refractivity contribution in [3.05, 3.63) is 59.9 Å². The Morgan fingerprint density at radius 3 is 2.62 bits per heavy atom. The molecule has 2 amide bonds. The Bertz CT molecular complexity index is 900. The van der Waals surface area contributed by atoms with E-state index in [2.05, 4.69) is 15.6 Å². The number of carbonyl (C=O) groups excluding carboxylic acids is 2. The third-order valence-corrected chi connectivity index (χ3v) is 3.83. The van der Waals surface area contributed by atoms with Gasteiger partial charge in [0.25, 0.3) is 5.91 Å². The summed E-state index contributed by atoms with van der Waals surface area (Å²) in [5.41, 5.74) is 3.00. The van der Waals surface area contributed by atoms with Crippen LogP contribution in [0.4, 0.5) is 5.69 Å². The summed E-state index contributed by atoms with van der Waals surface area (Å²) in [5.74, 6) is 0.344. The molecule has 6 heteroatoms. The number of nitrogens with one attached hydrogen (secondary N) is 2. The van der Waals surface area contributed by atoms with Crippen LogP contribution >= 0.6 is 0 Å². The summed E-state index contributed by atoms with van der Waals surface area (Å²) in [5, 5.41) is 5.37. The number of aromatic nitrogens is 2. The van der Waals surface area contributed by atoms with Gasteiger partial charge in [-0.15, -0.1) is 0 Å². The molecule has 1 aromatic heterocycles. The van der Waals surface area contributed by atoms with Gasteiger partial charge in [-0.2, -0.15) is 0 Å². The highest BCUT2D eigenvalue weighted by atomic mass is 16.2. The molecule has 0 atom stereocenters. The monoisotopic (exact) mass is 322 g/mol. The maximum Gasteiger partial charge on any atom is 0.251 e. The minimum Gasteiger partial charge on any atom is -0.343 e. The van der Waals surface area contributed by atoms with Crippen LogP contribution in [-0.2, 0) is 11.8 Å². The first-order valence-corrected chi connectivity index (χ1v) is 7.61. The Kier molecular flexibility index (Phi) is 4.29. The molecule has 24 heavy (non-hydrogen) atoms. The van der Waals surface area contributed by atoms with Gasteiger partial charge in [0.05, 0.1) is 17.6 Å². The van der Waals surface area contributed by atoms with Gasteiger partial charge in [0.15, 0.2) is 0 Å². The summed E-state index contributed by atoms with van der Waals surface area (Å²) in [6.45, 7) is 1.84. The summed E-state index contributed by atoms with van der Waals surface area (Å²) in [6.07, 6.45) is 0. The Balaban J connectivity index is 1.62. The summed E-state index contributed by atoms with van der Waals surface area (Å²) in [7, 11) is 1.95. The van der Waals surface area contributed by atoms with Crippen molar-refractivity contribution in [1.29, 1.82) is 0 Å². The van der Waals surface area contributed by atoms with Crippen molar-refractivity contribution in [3.63, 3.8) is 0 Å². The van der Waals surface area contributed by atoms with Gasteiger partial charge in [-0.1, -0.05) is 18.2 Å². The molecule has 1 heterocycles. The topological polar surface area (TPSA) is 76.0 Å². The fraction of sp³-hybridized carbons (Fsp3) is 0.167. The van der Waals surface area contributed by atoms with Crippen molar-refractivity contribution in [2.45, 2.75) is 6.92 Å². The van der Waals surface area contributed by atoms with Crippen molar-refractivity contribution < 1.29 is 9.59 Å². The van der Waals surface area contributed by atoms with Gasteiger partial charge in [-0.05, 0) is 37.3 Å². The first kappa shape index (κ1) is 15.7. The molecule has 0 aliphatic carbocycles. The predicted octanol–water partition coefficient (Wildman–Crippen LogP) is 2.25. The molecule has 0 saturated heterocycles. The largest absolute Gasteiger partial charge is 0.343 e. The van der Waals surface area contributed by atoms with Gasteiger partial charge < -0.3 is 15.2 Å². The third kappa shape index (κ3) is 3.27. The van der Waals surface area contributed by atoms with E-state index in [0.29, 0.717) is 11.3 Å².